The second-order valence-corrected chi connectivity index (χ2v) is 4.17. The Kier molecular flexibility index (Phi) is 3.40. The fraction of sp³-hybridized carbons (Fsp3) is 0.250. The average Bonchev–Trinajstić information content (AvgIpc) is 1.98. The molecule has 0 aromatic heterocycles. The van der Waals surface area contributed by atoms with Gasteiger partial charge in [0.2, 0.25) is 0 Å². The maximum Gasteiger partial charge on any atom is 0.124 e. The maximum atomic E-state index is 12.6. The summed E-state index contributed by atoms with van der Waals surface area (Å²) in [6.07, 6.45) is 0. The van der Waals surface area contributed by atoms with Gasteiger partial charge in [-0.25, -0.2) is 4.39 Å². The van der Waals surface area contributed by atoms with Gasteiger partial charge in [-0.3, -0.25) is 0 Å². The minimum atomic E-state index is -0.177. The van der Waals surface area contributed by atoms with Gasteiger partial charge in [-0.2, -0.15) is 0 Å². The van der Waals surface area contributed by atoms with E-state index in [0.29, 0.717) is 0 Å². The third-order valence-corrected chi connectivity index (χ3v) is 3.08. The lowest BCUT2D eigenvalue weighted by molar-refractivity contribution is 0.623. The van der Waals surface area contributed by atoms with Crippen LogP contribution in [-0.2, 0) is 0 Å². The fourth-order valence-electron chi connectivity index (χ4n) is 0.743. The highest BCUT2D eigenvalue weighted by atomic mass is 79.9. The lowest BCUT2D eigenvalue weighted by Gasteiger charge is -2.00. The smallest absolute Gasteiger partial charge is 0.124 e. The van der Waals surface area contributed by atoms with E-state index in [1.165, 1.54) is 12.1 Å². The van der Waals surface area contributed by atoms with Crippen molar-refractivity contribution in [3.05, 3.63) is 28.5 Å². The molecule has 1 aromatic carbocycles. The first kappa shape index (κ1) is 9.07. The Morgan fingerprint density at radius 1 is 1.55 bits per heavy atom. The van der Waals surface area contributed by atoms with Crippen molar-refractivity contribution in [3.63, 3.8) is 0 Å². The summed E-state index contributed by atoms with van der Waals surface area (Å²) in [5, 5.41) is 0. The number of halogens is 2. The van der Waals surface area contributed by atoms with Crippen LogP contribution in [0.3, 0.4) is 0 Å². The fourth-order valence-corrected chi connectivity index (χ4v) is 2.05. The summed E-state index contributed by atoms with van der Waals surface area (Å²) < 4.78 is 13.6. The second kappa shape index (κ2) is 4.12. The summed E-state index contributed by atoms with van der Waals surface area (Å²) in [5.41, 5.74) is 0. The summed E-state index contributed by atoms with van der Waals surface area (Å²) in [6.45, 7) is 2.04. The summed E-state index contributed by atoms with van der Waals surface area (Å²) in [6, 6.07) is 4.72. The zero-order valence-corrected chi connectivity index (χ0v) is 8.51. The summed E-state index contributed by atoms with van der Waals surface area (Å²) in [5.74, 6) is 0.784. The Hall–Kier alpha value is -0.0200. The van der Waals surface area contributed by atoms with E-state index in [1.807, 2.05) is 6.92 Å². The van der Waals surface area contributed by atoms with E-state index < -0.39 is 0 Å². The van der Waals surface area contributed by atoms with Crippen molar-refractivity contribution < 1.29 is 4.39 Å². The summed E-state index contributed by atoms with van der Waals surface area (Å²) in [7, 11) is 0. The molecule has 0 saturated carbocycles. The summed E-state index contributed by atoms with van der Waals surface area (Å²) in [4.78, 5) is 0.965. The van der Waals surface area contributed by atoms with E-state index in [2.05, 4.69) is 15.9 Å². The normalized spacial score (nSPS) is 10.1. The van der Waals surface area contributed by atoms with E-state index in [0.717, 1.165) is 15.1 Å². The minimum absolute atomic E-state index is 0.177. The second-order valence-electron chi connectivity index (χ2n) is 2.01. The van der Waals surface area contributed by atoms with Gasteiger partial charge in [0.1, 0.15) is 5.82 Å². The lowest BCUT2D eigenvalue weighted by Crippen LogP contribution is -1.78. The molecule has 0 heterocycles. The molecule has 0 N–H and O–H groups in total. The largest absolute Gasteiger partial charge is 0.207 e. The lowest BCUT2D eigenvalue weighted by atomic mass is 10.3. The number of thioether (sulfide) groups is 1. The molecule has 0 amide bonds. The molecule has 1 rings (SSSR count). The van der Waals surface area contributed by atoms with Crippen molar-refractivity contribution in [2.45, 2.75) is 11.8 Å². The van der Waals surface area contributed by atoms with Gasteiger partial charge in [-0.1, -0.05) is 6.92 Å². The van der Waals surface area contributed by atoms with E-state index in [-0.39, 0.29) is 5.82 Å². The minimum Gasteiger partial charge on any atom is -0.207 e. The molecule has 0 bridgehead atoms. The zero-order chi connectivity index (χ0) is 8.27. The van der Waals surface area contributed by atoms with E-state index in [9.17, 15) is 4.39 Å². The Bertz CT molecular complexity index is 250. The van der Waals surface area contributed by atoms with Crippen LogP contribution in [0.15, 0.2) is 27.6 Å². The molecule has 0 aliphatic rings. The molecule has 0 fully saturated rings. The van der Waals surface area contributed by atoms with Crippen LogP contribution < -0.4 is 0 Å². The first-order valence-corrected chi connectivity index (χ1v) is 5.09. The van der Waals surface area contributed by atoms with Crippen LogP contribution in [0.25, 0.3) is 0 Å². The van der Waals surface area contributed by atoms with Gasteiger partial charge in [0.15, 0.2) is 0 Å². The molecule has 0 unspecified atom stereocenters. The molecule has 0 saturated heterocycles. The van der Waals surface area contributed by atoms with Crippen molar-refractivity contribution in [1.29, 1.82) is 0 Å². The molecule has 0 aliphatic heterocycles. The van der Waals surface area contributed by atoms with Gasteiger partial charge in [-0.15, -0.1) is 11.8 Å². The Labute approximate surface area is 78.3 Å². The highest BCUT2D eigenvalue weighted by molar-refractivity contribution is 9.10. The third kappa shape index (κ3) is 2.49. The highest BCUT2D eigenvalue weighted by Crippen LogP contribution is 2.27. The molecule has 0 spiro atoms. The molecule has 60 valence electrons. The van der Waals surface area contributed by atoms with Crippen LogP contribution in [0.2, 0.25) is 0 Å². The first-order chi connectivity index (χ1) is 5.24. The van der Waals surface area contributed by atoms with Gasteiger partial charge in [0.25, 0.3) is 0 Å². The van der Waals surface area contributed by atoms with Crippen LogP contribution in [0.5, 0.6) is 0 Å². The third-order valence-electron chi connectivity index (χ3n) is 1.19. The van der Waals surface area contributed by atoms with Crippen molar-refractivity contribution in [1.82, 2.24) is 0 Å². The Morgan fingerprint density at radius 3 is 2.91 bits per heavy atom. The molecule has 3 heteroatoms. The van der Waals surface area contributed by atoms with E-state index in [4.69, 9.17) is 0 Å². The average molecular weight is 235 g/mol. The molecule has 1 aromatic rings. The van der Waals surface area contributed by atoms with Gasteiger partial charge in [0.05, 0.1) is 0 Å². The molecular weight excluding hydrogens is 227 g/mol. The van der Waals surface area contributed by atoms with Crippen molar-refractivity contribution in [3.8, 4) is 0 Å². The van der Waals surface area contributed by atoms with Crippen LogP contribution >= 0.6 is 27.7 Å². The van der Waals surface area contributed by atoms with Crippen LogP contribution in [0.4, 0.5) is 4.39 Å². The zero-order valence-electron chi connectivity index (χ0n) is 6.10. The van der Waals surface area contributed by atoms with Gasteiger partial charge >= 0.3 is 0 Å². The SMILES string of the molecule is CCSc1cc(F)ccc1Br. The molecular formula is C8H8BrFS. The topological polar surface area (TPSA) is 0 Å². The van der Waals surface area contributed by atoms with Crippen LogP contribution in [-0.4, -0.2) is 5.75 Å². The first-order valence-electron chi connectivity index (χ1n) is 3.32. The Balaban J connectivity index is 2.93. The molecule has 11 heavy (non-hydrogen) atoms. The van der Waals surface area contributed by atoms with Crippen LogP contribution in [0, 0.1) is 5.82 Å². The molecule has 0 radical (unpaired) electrons. The standard InChI is InChI=1S/C8H8BrFS/c1-2-11-8-5-6(10)3-4-7(8)9/h3-5H,2H2,1H3. The monoisotopic (exact) mass is 234 g/mol. The van der Waals surface area contributed by atoms with Gasteiger partial charge < -0.3 is 0 Å². The number of benzene rings is 1. The number of rotatable bonds is 2. The highest BCUT2D eigenvalue weighted by Gasteiger charge is 1.99. The molecule has 0 atom stereocenters. The van der Waals surface area contributed by atoms with Crippen LogP contribution in [0.1, 0.15) is 6.92 Å². The number of hydrogen-bond acceptors (Lipinski definition) is 1. The van der Waals surface area contributed by atoms with Gasteiger partial charge in [-0.05, 0) is 39.9 Å². The predicted octanol–water partition coefficient (Wildman–Crippen LogP) is 3.70. The van der Waals surface area contributed by atoms with Crippen molar-refractivity contribution >= 4 is 27.7 Å². The summed E-state index contributed by atoms with van der Waals surface area (Å²) >= 11 is 4.97. The maximum absolute atomic E-state index is 12.6. The van der Waals surface area contributed by atoms with E-state index in [1.54, 1.807) is 17.8 Å². The van der Waals surface area contributed by atoms with Gasteiger partial charge in [0, 0.05) is 9.37 Å². The predicted molar refractivity (Wildman–Crippen MR) is 50.5 cm³/mol. The molecule has 0 nitrogen and oxygen atoms in total. The Morgan fingerprint density at radius 2 is 2.27 bits per heavy atom. The number of hydrogen-bond donors (Lipinski definition) is 0. The molecule has 0 aliphatic carbocycles. The van der Waals surface area contributed by atoms with Crippen molar-refractivity contribution in [2.75, 3.05) is 5.75 Å². The quantitative estimate of drug-likeness (QED) is 0.704. The van der Waals surface area contributed by atoms with E-state index >= 15 is 0 Å². The van der Waals surface area contributed by atoms with Crippen molar-refractivity contribution in [2.24, 2.45) is 0 Å².